The first-order valence-corrected chi connectivity index (χ1v) is 8.62. The van der Waals surface area contributed by atoms with E-state index in [0.29, 0.717) is 24.0 Å². The Morgan fingerprint density at radius 1 is 1.63 bits per heavy atom. The van der Waals surface area contributed by atoms with E-state index in [-0.39, 0.29) is 5.03 Å². The molecule has 1 saturated heterocycles. The van der Waals surface area contributed by atoms with Crippen molar-refractivity contribution in [2.24, 2.45) is 5.84 Å². The Morgan fingerprint density at radius 3 is 3.11 bits per heavy atom. The standard InChI is InChI=1S/C11H18N4O2S2/c1-2-9-8-15(6-7-18-9)19(16,17)11-10(14-12)4-3-5-13-11/h3-5,9,14H,2,6-8,12H2,1H3. The number of hydrogen-bond acceptors (Lipinski definition) is 6. The van der Waals surface area contributed by atoms with Crippen molar-refractivity contribution in [3.63, 3.8) is 0 Å². The lowest BCUT2D eigenvalue weighted by atomic mass is 10.3. The number of hydrogen-bond donors (Lipinski definition) is 2. The molecule has 8 heteroatoms. The van der Waals surface area contributed by atoms with Crippen molar-refractivity contribution < 1.29 is 8.42 Å². The Bertz CT molecular complexity index is 535. The van der Waals surface area contributed by atoms with Gasteiger partial charge in [0.2, 0.25) is 0 Å². The van der Waals surface area contributed by atoms with Crippen molar-refractivity contribution in [1.82, 2.24) is 9.29 Å². The molecule has 1 fully saturated rings. The van der Waals surface area contributed by atoms with Gasteiger partial charge in [-0.05, 0) is 18.6 Å². The topological polar surface area (TPSA) is 88.3 Å². The van der Waals surface area contributed by atoms with Crippen LogP contribution in [0.25, 0.3) is 0 Å². The van der Waals surface area contributed by atoms with Crippen LogP contribution in [0, 0.1) is 0 Å². The van der Waals surface area contributed by atoms with Crippen LogP contribution < -0.4 is 11.3 Å². The third kappa shape index (κ3) is 3.02. The molecule has 0 radical (unpaired) electrons. The Labute approximate surface area is 117 Å². The van der Waals surface area contributed by atoms with E-state index in [1.165, 1.54) is 10.5 Å². The number of nitrogens with one attached hydrogen (secondary N) is 1. The summed E-state index contributed by atoms with van der Waals surface area (Å²) in [5, 5.41) is 0.348. The fraction of sp³-hybridized carbons (Fsp3) is 0.545. The molecule has 1 aliphatic heterocycles. The van der Waals surface area contributed by atoms with E-state index in [1.54, 1.807) is 12.1 Å². The van der Waals surface area contributed by atoms with Gasteiger partial charge in [-0.25, -0.2) is 13.4 Å². The number of nitrogens with zero attached hydrogens (tertiary/aromatic N) is 2. The largest absolute Gasteiger partial charge is 0.321 e. The maximum atomic E-state index is 12.6. The van der Waals surface area contributed by atoms with Crippen LogP contribution in [0.4, 0.5) is 5.69 Å². The molecule has 1 aromatic heterocycles. The van der Waals surface area contributed by atoms with Gasteiger partial charge in [0.1, 0.15) is 0 Å². The quantitative estimate of drug-likeness (QED) is 0.634. The van der Waals surface area contributed by atoms with Gasteiger partial charge < -0.3 is 5.43 Å². The highest BCUT2D eigenvalue weighted by Gasteiger charge is 2.32. The SMILES string of the molecule is CCC1CN(S(=O)(=O)c2ncccc2NN)CCS1. The minimum Gasteiger partial charge on any atom is -0.321 e. The molecular weight excluding hydrogens is 284 g/mol. The van der Waals surface area contributed by atoms with E-state index in [9.17, 15) is 8.42 Å². The number of pyridine rings is 1. The number of thioether (sulfide) groups is 1. The average molecular weight is 302 g/mol. The van der Waals surface area contributed by atoms with Gasteiger partial charge in [0, 0.05) is 30.3 Å². The molecule has 1 aromatic rings. The van der Waals surface area contributed by atoms with E-state index in [2.05, 4.69) is 17.3 Å². The van der Waals surface area contributed by atoms with Crippen molar-refractivity contribution in [3.8, 4) is 0 Å². The first-order chi connectivity index (χ1) is 9.09. The van der Waals surface area contributed by atoms with Gasteiger partial charge in [-0.1, -0.05) is 6.92 Å². The number of aromatic nitrogens is 1. The van der Waals surface area contributed by atoms with Crippen LogP contribution in [0.5, 0.6) is 0 Å². The average Bonchev–Trinajstić information content (AvgIpc) is 2.47. The fourth-order valence-corrected chi connectivity index (χ4v) is 4.93. The zero-order valence-corrected chi connectivity index (χ0v) is 12.4. The van der Waals surface area contributed by atoms with E-state index >= 15 is 0 Å². The predicted molar refractivity (Wildman–Crippen MR) is 77.3 cm³/mol. The Hall–Kier alpha value is -0.830. The second kappa shape index (κ2) is 6.08. The lowest BCUT2D eigenvalue weighted by Gasteiger charge is -2.31. The Morgan fingerprint density at radius 2 is 2.42 bits per heavy atom. The first-order valence-electron chi connectivity index (χ1n) is 6.13. The summed E-state index contributed by atoms with van der Waals surface area (Å²) >= 11 is 1.82. The minimum atomic E-state index is -3.58. The van der Waals surface area contributed by atoms with Gasteiger partial charge in [0.05, 0.1) is 5.69 Å². The molecule has 0 bridgehead atoms. The molecule has 2 heterocycles. The molecule has 106 valence electrons. The zero-order valence-electron chi connectivity index (χ0n) is 10.7. The zero-order chi connectivity index (χ0) is 13.9. The number of rotatable bonds is 4. The van der Waals surface area contributed by atoms with Crippen molar-refractivity contribution >= 4 is 27.5 Å². The van der Waals surface area contributed by atoms with Gasteiger partial charge >= 0.3 is 0 Å². The summed E-state index contributed by atoms with van der Waals surface area (Å²) in [6.07, 6.45) is 2.42. The predicted octanol–water partition coefficient (Wildman–Crippen LogP) is 0.883. The highest BCUT2D eigenvalue weighted by molar-refractivity contribution is 8.00. The lowest BCUT2D eigenvalue weighted by molar-refractivity contribution is 0.414. The molecule has 19 heavy (non-hydrogen) atoms. The summed E-state index contributed by atoms with van der Waals surface area (Å²) in [6.45, 7) is 3.12. The van der Waals surface area contributed by atoms with Crippen molar-refractivity contribution in [2.75, 3.05) is 24.3 Å². The third-order valence-electron chi connectivity index (χ3n) is 3.07. The van der Waals surface area contributed by atoms with Crippen molar-refractivity contribution in [3.05, 3.63) is 18.3 Å². The van der Waals surface area contributed by atoms with Crippen LogP contribution in [0.3, 0.4) is 0 Å². The Balaban J connectivity index is 2.31. The van der Waals surface area contributed by atoms with Gasteiger partial charge in [0.15, 0.2) is 5.03 Å². The van der Waals surface area contributed by atoms with Gasteiger partial charge in [-0.3, -0.25) is 5.84 Å². The van der Waals surface area contributed by atoms with E-state index < -0.39 is 10.0 Å². The molecule has 0 aliphatic carbocycles. The second-order valence-electron chi connectivity index (χ2n) is 4.26. The lowest BCUT2D eigenvalue weighted by Crippen LogP contribution is -2.42. The summed E-state index contributed by atoms with van der Waals surface area (Å²) in [6, 6.07) is 3.25. The summed E-state index contributed by atoms with van der Waals surface area (Å²) < 4.78 is 26.7. The highest BCUT2D eigenvalue weighted by Crippen LogP contribution is 2.27. The number of sulfonamides is 1. The third-order valence-corrected chi connectivity index (χ3v) is 6.27. The van der Waals surface area contributed by atoms with Crippen molar-refractivity contribution in [1.29, 1.82) is 0 Å². The normalized spacial score (nSPS) is 21.3. The van der Waals surface area contributed by atoms with Crippen LogP contribution >= 0.6 is 11.8 Å². The number of hydrazine groups is 1. The van der Waals surface area contributed by atoms with Crippen LogP contribution in [0.1, 0.15) is 13.3 Å². The summed E-state index contributed by atoms with van der Waals surface area (Å²) in [7, 11) is -3.58. The first kappa shape index (κ1) is 14.6. The molecule has 3 N–H and O–H groups in total. The van der Waals surface area contributed by atoms with Crippen LogP contribution in [-0.4, -0.2) is 41.8 Å². The molecule has 2 rings (SSSR count). The summed E-state index contributed by atoms with van der Waals surface area (Å²) in [5.74, 6) is 6.17. The maximum Gasteiger partial charge on any atom is 0.262 e. The number of nitrogens with two attached hydrogens (primary N) is 1. The second-order valence-corrected chi connectivity index (χ2v) is 7.53. The molecule has 1 unspecified atom stereocenters. The smallest absolute Gasteiger partial charge is 0.262 e. The maximum absolute atomic E-state index is 12.6. The number of nitrogen functional groups attached to an aromatic ring is 1. The molecule has 0 amide bonds. The van der Waals surface area contributed by atoms with Gasteiger partial charge in [-0.15, -0.1) is 0 Å². The van der Waals surface area contributed by atoms with Gasteiger partial charge in [-0.2, -0.15) is 16.1 Å². The molecule has 0 saturated carbocycles. The van der Waals surface area contributed by atoms with E-state index in [4.69, 9.17) is 5.84 Å². The van der Waals surface area contributed by atoms with E-state index in [1.807, 2.05) is 11.8 Å². The summed E-state index contributed by atoms with van der Waals surface area (Å²) in [4.78, 5) is 3.97. The van der Waals surface area contributed by atoms with Crippen LogP contribution in [-0.2, 0) is 10.0 Å². The molecule has 1 atom stereocenters. The van der Waals surface area contributed by atoms with Crippen LogP contribution in [0.15, 0.2) is 23.4 Å². The molecule has 0 spiro atoms. The molecule has 0 aromatic carbocycles. The fourth-order valence-electron chi connectivity index (χ4n) is 1.99. The van der Waals surface area contributed by atoms with Crippen LogP contribution in [0.2, 0.25) is 0 Å². The summed E-state index contributed by atoms with van der Waals surface area (Å²) in [5.41, 5.74) is 2.72. The highest BCUT2D eigenvalue weighted by atomic mass is 32.2. The minimum absolute atomic E-state index is 0.000692. The number of anilines is 1. The Kier molecular flexibility index (Phi) is 4.67. The van der Waals surface area contributed by atoms with Gasteiger partial charge in [0.25, 0.3) is 10.0 Å². The van der Waals surface area contributed by atoms with Crippen molar-refractivity contribution in [2.45, 2.75) is 23.6 Å². The van der Waals surface area contributed by atoms with E-state index in [0.717, 1.165) is 12.2 Å². The molecule has 6 nitrogen and oxygen atoms in total. The monoisotopic (exact) mass is 302 g/mol. The molecular formula is C11H18N4O2S2. The molecule has 1 aliphatic rings.